The average Bonchev–Trinajstić information content (AvgIpc) is 2.95. The van der Waals surface area contributed by atoms with Crippen molar-refractivity contribution in [3.8, 4) is 5.75 Å². The molecule has 1 saturated heterocycles. The van der Waals surface area contributed by atoms with Crippen molar-refractivity contribution in [1.82, 2.24) is 10.2 Å². The van der Waals surface area contributed by atoms with Crippen LogP contribution in [0.3, 0.4) is 0 Å². The first-order chi connectivity index (χ1) is 19.7. The Morgan fingerprint density at radius 1 is 0.927 bits per heavy atom. The van der Waals surface area contributed by atoms with Gasteiger partial charge in [-0.25, -0.2) is 9.59 Å². The highest BCUT2D eigenvalue weighted by molar-refractivity contribution is 5.98. The lowest BCUT2D eigenvalue weighted by atomic mass is 9.80. The van der Waals surface area contributed by atoms with Crippen LogP contribution >= 0.6 is 0 Å². The molecule has 0 atom stereocenters. The Kier molecular flexibility index (Phi) is 9.83. The van der Waals surface area contributed by atoms with Crippen LogP contribution in [0.15, 0.2) is 71.1 Å². The molecule has 2 aliphatic heterocycles. The Labute approximate surface area is 240 Å². The largest absolute Gasteiger partial charge is 0.497 e. The van der Waals surface area contributed by atoms with Crippen LogP contribution in [0.1, 0.15) is 68.9 Å². The summed E-state index contributed by atoms with van der Waals surface area (Å²) in [5.74, 6) is -2.02. The summed E-state index contributed by atoms with van der Waals surface area (Å²) in [6, 6.07) is 15.1. The zero-order chi connectivity index (χ0) is 29.5. The summed E-state index contributed by atoms with van der Waals surface area (Å²) in [5, 5.41) is 25.5. The maximum Gasteiger partial charge on any atom is 0.334 e. The Balaban J connectivity index is 1.28. The summed E-state index contributed by atoms with van der Waals surface area (Å²) in [5.41, 5.74) is 3.08. The number of carbonyl (C=O) groups is 3. The van der Waals surface area contributed by atoms with Gasteiger partial charge in [-0.05, 0) is 100 Å². The number of nitrogens with zero attached hydrogens (tertiary/aromatic N) is 1. The average molecular weight is 562 g/mol. The van der Waals surface area contributed by atoms with Crippen molar-refractivity contribution < 1.29 is 29.3 Å². The summed E-state index contributed by atoms with van der Waals surface area (Å²) in [7, 11) is 1.69. The Morgan fingerprint density at radius 2 is 1.56 bits per heavy atom. The van der Waals surface area contributed by atoms with Gasteiger partial charge in [0.1, 0.15) is 5.75 Å². The van der Waals surface area contributed by atoms with Crippen LogP contribution in [-0.4, -0.2) is 59.7 Å². The summed E-state index contributed by atoms with van der Waals surface area (Å²) in [4.78, 5) is 39.3. The number of carboxylic acids is 2. The van der Waals surface area contributed by atoms with Gasteiger partial charge in [0.05, 0.1) is 24.2 Å². The highest BCUT2D eigenvalue weighted by atomic mass is 16.5. The van der Waals surface area contributed by atoms with Gasteiger partial charge in [0.25, 0.3) is 0 Å². The van der Waals surface area contributed by atoms with Crippen LogP contribution < -0.4 is 15.4 Å². The molecule has 1 fully saturated rings. The molecule has 4 N–H and O–H groups in total. The van der Waals surface area contributed by atoms with E-state index in [2.05, 4.69) is 27.7 Å². The van der Waals surface area contributed by atoms with E-state index < -0.39 is 17.9 Å². The first kappa shape index (κ1) is 29.9. The standard InChI is InChI=1S/C32H39N3O6/c1-20-28(31(37)38)30(29(32(39)40)21(2)33-20)24-9-6-10-25(18-24)34-27(36)12-4-5-15-35-16-13-22(14-17-35)23-8-7-11-26(19-23)41-3/h6-11,18-19,22,30,33H,4-5,12-17H2,1-3H3,(H,34,36)(H,37,38)(H,39,40). The molecule has 0 radical (unpaired) electrons. The van der Waals surface area contributed by atoms with Crippen molar-refractivity contribution in [3.05, 3.63) is 82.2 Å². The number of aliphatic carboxylic acids is 2. The first-order valence-electron chi connectivity index (χ1n) is 14.1. The van der Waals surface area contributed by atoms with Gasteiger partial charge in [-0.15, -0.1) is 0 Å². The predicted octanol–water partition coefficient (Wildman–Crippen LogP) is 5.09. The quantitative estimate of drug-likeness (QED) is 0.280. The van der Waals surface area contributed by atoms with Gasteiger partial charge in [-0.1, -0.05) is 24.3 Å². The number of methoxy groups -OCH3 is 1. The zero-order valence-electron chi connectivity index (χ0n) is 23.9. The minimum Gasteiger partial charge on any atom is -0.497 e. The smallest absolute Gasteiger partial charge is 0.334 e. The second-order valence-corrected chi connectivity index (χ2v) is 10.8. The number of hydrogen-bond donors (Lipinski definition) is 4. The van der Waals surface area contributed by atoms with Gasteiger partial charge in [0.15, 0.2) is 0 Å². The number of dihydropyridines is 1. The molecule has 9 heteroatoms. The van der Waals surface area contributed by atoms with E-state index in [0.717, 1.165) is 51.1 Å². The fourth-order valence-corrected chi connectivity index (χ4v) is 5.92. The Bertz CT molecular complexity index is 1320. The second kappa shape index (κ2) is 13.5. The molecule has 9 nitrogen and oxygen atoms in total. The van der Waals surface area contributed by atoms with E-state index in [9.17, 15) is 24.6 Å². The molecule has 2 aromatic rings. The summed E-state index contributed by atoms with van der Waals surface area (Å²) in [6.45, 7) is 6.27. The molecule has 0 aromatic heterocycles. The second-order valence-electron chi connectivity index (χ2n) is 10.8. The number of unbranched alkanes of at least 4 members (excludes halogenated alkanes) is 1. The van der Waals surface area contributed by atoms with E-state index >= 15 is 0 Å². The van der Waals surface area contributed by atoms with Crippen LogP contribution in [-0.2, 0) is 14.4 Å². The van der Waals surface area contributed by atoms with Crippen molar-refractivity contribution in [2.45, 2.75) is 57.8 Å². The first-order valence-corrected chi connectivity index (χ1v) is 14.1. The summed E-state index contributed by atoms with van der Waals surface area (Å²) < 4.78 is 5.36. The molecule has 41 heavy (non-hydrogen) atoms. The van der Waals surface area contributed by atoms with Crippen LogP contribution in [0.2, 0.25) is 0 Å². The van der Waals surface area contributed by atoms with E-state index in [1.165, 1.54) is 5.56 Å². The number of nitrogens with one attached hydrogen (secondary N) is 2. The molecule has 0 saturated carbocycles. The Morgan fingerprint density at radius 3 is 2.20 bits per heavy atom. The van der Waals surface area contributed by atoms with E-state index in [0.29, 0.717) is 35.0 Å². The van der Waals surface area contributed by atoms with Gasteiger partial charge >= 0.3 is 11.9 Å². The van der Waals surface area contributed by atoms with Gasteiger partial charge in [0, 0.05) is 23.5 Å². The molecule has 218 valence electrons. The predicted molar refractivity (Wildman–Crippen MR) is 157 cm³/mol. The number of carboxylic acid groups (broad SMARTS) is 2. The fourth-order valence-electron chi connectivity index (χ4n) is 5.92. The maximum atomic E-state index is 12.7. The monoisotopic (exact) mass is 561 g/mol. The number of ether oxygens (including phenoxy) is 1. The van der Waals surface area contributed by atoms with E-state index in [4.69, 9.17) is 4.74 Å². The molecule has 1 amide bonds. The van der Waals surface area contributed by atoms with Crippen molar-refractivity contribution in [2.24, 2.45) is 0 Å². The molecule has 2 aliphatic rings. The number of hydrogen-bond acceptors (Lipinski definition) is 6. The third-order valence-electron chi connectivity index (χ3n) is 8.01. The molecular formula is C32H39N3O6. The number of anilines is 1. The third-order valence-corrected chi connectivity index (χ3v) is 8.01. The number of amides is 1. The fraction of sp³-hybridized carbons (Fsp3) is 0.406. The SMILES string of the molecule is COc1cccc(C2CCN(CCCCC(=O)Nc3cccc(C4C(C(=O)O)=C(C)NC(C)=C4C(=O)O)c3)CC2)c1. The lowest BCUT2D eigenvalue weighted by Gasteiger charge is -2.32. The van der Waals surface area contributed by atoms with E-state index in [1.54, 1.807) is 45.2 Å². The molecule has 0 bridgehead atoms. The van der Waals surface area contributed by atoms with Gasteiger partial charge in [-0.3, -0.25) is 4.79 Å². The number of piperidine rings is 1. The lowest BCUT2D eigenvalue weighted by molar-refractivity contribution is -0.133. The number of rotatable bonds is 11. The number of allylic oxidation sites excluding steroid dienone is 2. The van der Waals surface area contributed by atoms with Gasteiger partial charge in [-0.2, -0.15) is 0 Å². The summed E-state index contributed by atoms with van der Waals surface area (Å²) in [6.07, 6.45) is 4.27. The lowest BCUT2D eigenvalue weighted by Crippen LogP contribution is -2.33. The molecular weight excluding hydrogens is 522 g/mol. The summed E-state index contributed by atoms with van der Waals surface area (Å²) >= 11 is 0. The van der Waals surface area contributed by atoms with Crippen molar-refractivity contribution in [3.63, 3.8) is 0 Å². The number of likely N-dealkylation sites (tertiary alicyclic amines) is 1. The van der Waals surface area contributed by atoms with Crippen LogP contribution in [0, 0.1) is 0 Å². The normalized spacial score (nSPS) is 16.9. The van der Waals surface area contributed by atoms with E-state index in [1.807, 2.05) is 12.1 Å². The highest BCUT2D eigenvalue weighted by Crippen LogP contribution is 2.39. The number of carbonyl (C=O) groups excluding carboxylic acids is 1. The molecule has 2 heterocycles. The Hall–Kier alpha value is -4.11. The topological polar surface area (TPSA) is 128 Å². The molecule has 2 aromatic carbocycles. The van der Waals surface area contributed by atoms with Crippen LogP contribution in [0.25, 0.3) is 0 Å². The van der Waals surface area contributed by atoms with Gasteiger partial charge < -0.3 is 30.5 Å². The van der Waals surface area contributed by atoms with Crippen molar-refractivity contribution in [2.75, 3.05) is 32.1 Å². The number of benzene rings is 2. The van der Waals surface area contributed by atoms with Gasteiger partial charge in [0.2, 0.25) is 5.91 Å². The minimum absolute atomic E-state index is 0.0241. The van der Waals surface area contributed by atoms with Crippen molar-refractivity contribution in [1.29, 1.82) is 0 Å². The maximum absolute atomic E-state index is 12.7. The van der Waals surface area contributed by atoms with Crippen LogP contribution in [0.4, 0.5) is 5.69 Å². The van der Waals surface area contributed by atoms with Crippen molar-refractivity contribution >= 4 is 23.5 Å². The molecule has 0 unspecified atom stereocenters. The molecule has 0 aliphatic carbocycles. The van der Waals surface area contributed by atoms with E-state index in [-0.39, 0.29) is 17.1 Å². The third kappa shape index (κ3) is 7.35. The highest BCUT2D eigenvalue weighted by Gasteiger charge is 2.36. The van der Waals surface area contributed by atoms with Crippen LogP contribution in [0.5, 0.6) is 5.75 Å². The molecule has 0 spiro atoms. The zero-order valence-corrected chi connectivity index (χ0v) is 23.9. The molecule has 4 rings (SSSR count). The minimum atomic E-state index is -1.19.